The summed E-state index contributed by atoms with van der Waals surface area (Å²) < 4.78 is 5.65. The third kappa shape index (κ3) is 5.12. The van der Waals surface area contributed by atoms with Crippen molar-refractivity contribution in [3.8, 4) is 5.75 Å². The lowest BCUT2D eigenvalue weighted by molar-refractivity contribution is 0.302. The van der Waals surface area contributed by atoms with Gasteiger partial charge in [-0.05, 0) is 51.4 Å². The molecule has 90 valence electrons. The molecule has 0 aliphatic rings. The first-order valence-electron chi connectivity index (χ1n) is 6.09. The Bertz CT molecular complexity index is 289. The van der Waals surface area contributed by atoms with E-state index in [-0.39, 0.29) is 0 Å². The van der Waals surface area contributed by atoms with Gasteiger partial charge in [-0.15, -0.1) is 0 Å². The molecule has 1 aromatic rings. The van der Waals surface area contributed by atoms with E-state index in [4.69, 9.17) is 4.74 Å². The molecule has 0 amide bonds. The number of nitrogens with zero attached hydrogens (tertiary/aromatic N) is 1. The van der Waals surface area contributed by atoms with Crippen LogP contribution in [-0.4, -0.2) is 24.7 Å². The summed E-state index contributed by atoms with van der Waals surface area (Å²) in [6.07, 6.45) is 5.24. The van der Waals surface area contributed by atoms with Gasteiger partial charge in [-0.25, -0.2) is 0 Å². The Morgan fingerprint density at radius 1 is 1.31 bits per heavy atom. The van der Waals surface area contributed by atoms with Crippen LogP contribution in [-0.2, 0) is 0 Å². The minimum Gasteiger partial charge on any atom is -0.492 e. The summed E-state index contributed by atoms with van der Waals surface area (Å²) in [7, 11) is 0. The van der Waals surface area contributed by atoms with Crippen molar-refractivity contribution in [2.75, 3.05) is 19.7 Å². The smallest absolute Gasteiger partial charge is 0.140 e. The highest BCUT2D eigenvalue weighted by Gasteiger charge is 1.97. The summed E-state index contributed by atoms with van der Waals surface area (Å²) in [6, 6.07) is 3.88. The molecule has 0 fully saturated rings. The largest absolute Gasteiger partial charge is 0.492 e. The molecular formula is C13H22N2O. The Balaban J connectivity index is 2.05. The second kappa shape index (κ2) is 8.11. The summed E-state index contributed by atoms with van der Waals surface area (Å²) in [6.45, 7) is 7.13. The van der Waals surface area contributed by atoms with Crippen molar-refractivity contribution in [2.45, 2.75) is 33.1 Å². The molecule has 0 aromatic carbocycles. The number of hydrogen-bond acceptors (Lipinski definition) is 3. The summed E-state index contributed by atoms with van der Waals surface area (Å²) in [5.74, 6) is 0.906. The van der Waals surface area contributed by atoms with Crippen LogP contribution >= 0.6 is 0 Å². The first kappa shape index (κ1) is 13.0. The molecule has 0 bridgehead atoms. The van der Waals surface area contributed by atoms with E-state index in [1.807, 2.05) is 19.1 Å². The molecule has 1 N–H and O–H groups in total. The number of pyridine rings is 1. The first-order valence-corrected chi connectivity index (χ1v) is 6.09. The van der Waals surface area contributed by atoms with Crippen molar-refractivity contribution in [1.29, 1.82) is 0 Å². The van der Waals surface area contributed by atoms with E-state index in [0.717, 1.165) is 37.6 Å². The highest BCUT2D eigenvalue weighted by Crippen LogP contribution is 2.13. The lowest BCUT2D eigenvalue weighted by Crippen LogP contribution is -2.16. The Morgan fingerprint density at radius 3 is 2.94 bits per heavy atom. The van der Waals surface area contributed by atoms with Crippen LogP contribution in [0.25, 0.3) is 0 Å². The summed E-state index contributed by atoms with van der Waals surface area (Å²) in [4.78, 5) is 4.18. The van der Waals surface area contributed by atoms with Crippen molar-refractivity contribution in [2.24, 2.45) is 0 Å². The predicted octanol–water partition coefficient (Wildman–Crippen LogP) is 2.55. The second-order valence-corrected chi connectivity index (χ2v) is 3.89. The minimum atomic E-state index is 0.778. The van der Waals surface area contributed by atoms with E-state index in [1.165, 1.54) is 12.8 Å². The molecule has 0 radical (unpaired) electrons. The molecule has 0 unspecified atom stereocenters. The maximum absolute atomic E-state index is 5.65. The van der Waals surface area contributed by atoms with Crippen molar-refractivity contribution >= 4 is 0 Å². The van der Waals surface area contributed by atoms with E-state index in [0.29, 0.717) is 0 Å². The van der Waals surface area contributed by atoms with Crippen molar-refractivity contribution in [3.05, 3.63) is 24.0 Å². The highest BCUT2D eigenvalue weighted by atomic mass is 16.5. The Kier molecular flexibility index (Phi) is 6.58. The number of rotatable bonds is 8. The van der Waals surface area contributed by atoms with Crippen LogP contribution in [0.2, 0.25) is 0 Å². The molecular weight excluding hydrogens is 200 g/mol. The van der Waals surface area contributed by atoms with E-state index >= 15 is 0 Å². The normalized spacial score (nSPS) is 10.4. The van der Waals surface area contributed by atoms with Crippen molar-refractivity contribution in [3.63, 3.8) is 0 Å². The summed E-state index contributed by atoms with van der Waals surface area (Å²) in [5.41, 5.74) is 0.964. The van der Waals surface area contributed by atoms with Crippen LogP contribution in [0, 0.1) is 6.92 Å². The van der Waals surface area contributed by atoms with E-state index in [2.05, 4.69) is 17.2 Å². The topological polar surface area (TPSA) is 34.1 Å². The number of unbranched alkanes of at least 4 members (excludes halogenated alkanes) is 1. The van der Waals surface area contributed by atoms with E-state index in [1.54, 1.807) is 6.20 Å². The van der Waals surface area contributed by atoms with Crippen LogP contribution in [0.15, 0.2) is 18.3 Å². The average Bonchev–Trinajstić information content (AvgIpc) is 2.30. The quantitative estimate of drug-likeness (QED) is 0.686. The number of hydrogen-bond donors (Lipinski definition) is 1. The average molecular weight is 222 g/mol. The van der Waals surface area contributed by atoms with Gasteiger partial charge in [0, 0.05) is 6.20 Å². The van der Waals surface area contributed by atoms with Crippen LogP contribution < -0.4 is 10.1 Å². The zero-order valence-electron chi connectivity index (χ0n) is 10.3. The van der Waals surface area contributed by atoms with Gasteiger partial charge in [0.1, 0.15) is 5.75 Å². The molecule has 0 aliphatic heterocycles. The third-order valence-electron chi connectivity index (χ3n) is 2.39. The Hall–Kier alpha value is -1.09. The fourth-order valence-electron chi connectivity index (χ4n) is 1.46. The van der Waals surface area contributed by atoms with Crippen molar-refractivity contribution < 1.29 is 4.74 Å². The molecule has 0 saturated carbocycles. The molecule has 1 heterocycles. The first-order chi connectivity index (χ1) is 7.84. The van der Waals surface area contributed by atoms with Crippen LogP contribution in [0.5, 0.6) is 5.75 Å². The molecule has 0 aliphatic carbocycles. The van der Waals surface area contributed by atoms with Crippen molar-refractivity contribution in [1.82, 2.24) is 10.3 Å². The number of aromatic nitrogens is 1. The Morgan fingerprint density at radius 2 is 2.19 bits per heavy atom. The van der Waals surface area contributed by atoms with Crippen LogP contribution in [0.1, 0.15) is 31.9 Å². The Labute approximate surface area is 98.2 Å². The highest BCUT2D eigenvalue weighted by molar-refractivity contribution is 5.25. The van der Waals surface area contributed by atoms with Gasteiger partial charge in [0.25, 0.3) is 0 Å². The zero-order chi connectivity index (χ0) is 11.6. The number of ether oxygens (including phenoxy) is 1. The molecule has 0 spiro atoms. The molecule has 1 rings (SSSR count). The fourth-order valence-corrected chi connectivity index (χ4v) is 1.46. The van der Waals surface area contributed by atoms with Gasteiger partial charge in [0.05, 0.1) is 12.3 Å². The SMILES string of the molecule is CCCNCCCCOc1cccnc1C. The van der Waals surface area contributed by atoms with Crippen LogP contribution in [0.3, 0.4) is 0 Å². The molecule has 0 saturated heterocycles. The summed E-state index contributed by atoms with van der Waals surface area (Å²) >= 11 is 0. The summed E-state index contributed by atoms with van der Waals surface area (Å²) in [5, 5.41) is 3.38. The second-order valence-electron chi connectivity index (χ2n) is 3.89. The minimum absolute atomic E-state index is 0.778. The van der Waals surface area contributed by atoms with Gasteiger partial charge in [0.2, 0.25) is 0 Å². The molecule has 16 heavy (non-hydrogen) atoms. The van der Waals surface area contributed by atoms with Gasteiger partial charge < -0.3 is 10.1 Å². The monoisotopic (exact) mass is 222 g/mol. The standard InChI is InChI=1S/C13H22N2O/c1-3-8-14-9-4-5-11-16-13-7-6-10-15-12(13)2/h6-7,10,14H,3-5,8-9,11H2,1-2H3. The lowest BCUT2D eigenvalue weighted by Gasteiger charge is -2.08. The van der Waals surface area contributed by atoms with E-state index in [9.17, 15) is 0 Å². The van der Waals surface area contributed by atoms with Gasteiger partial charge in [-0.3, -0.25) is 4.98 Å². The zero-order valence-corrected chi connectivity index (χ0v) is 10.3. The van der Waals surface area contributed by atoms with Gasteiger partial charge in [0.15, 0.2) is 0 Å². The third-order valence-corrected chi connectivity index (χ3v) is 2.39. The molecule has 3 heteroatoms. The van der Waals surface area contributed by atoms with Crippen LogP contribution in [0.4, 0.5) is 0 Å². The number of nitrogens with one attached hydrogen (secondary N) is 1. The van der Waals surface area contributed by atoms with Gasteiger partial charge >= 0.3 is 0 Å². The fraction of sp³-hybridized carbons (Fsp3) is 0.615. The molecule has 0 atom stereocenters. The maximum Gasteiger partial charge on any atom is 0.140 e. The lowest BCUT2D eigenvalue weighted by atomic mass is 10.3. The molecule has 1 aromatic heterocycles. The molecule has 3 nitrogen and oxygen atoms in total. The van der Waals surface area contributed by atoms with E-state index < -0.39 is 0 Å². The van der Waals surface area contributed by atoms with Gasteiger partial charge in [-0.1, -0.05) is 6.92 Å². The maximum atomic E-state index is 5.65. The predicted molar refractivity (Wildman–Crippen MR) is 66.9 cm³/mol. The van der Waals surface area contributed by atoms with Gasteiger partial charge in [-0.2, -0.15) is 0 Å². The number of aryl methyl sites for hydroxylation is 1.